The average molecular weight is 217 g/mol. The quantitative estimate of drug-likeness (QED) is 0.723. The Labute approximate surface area is 86.6 Å². The van der Waals surface area contributed by atoms with Crippen LogP contribution in [0.3, 0.4) is 0 Å². The third-order valence-corrected chi connectivity index (χ3v) is 2.04. The summed E-state index contributed by atoms with van der Waals surface area (Å²) in [6.45, 7) is 1.82. The Balaban J connectivity index is 2.46. The molecule has 0 heterocycles. The Kier molecular flexibility index (Phi) is 4.04. The molecule has 0 unspecified atom stereocenters. The van der Waals surface area contributed by atoms with Crippen LogP contribution in [0.5, 0.6) is 0 Å². The van der Waals surface area contributed by atoms with Gasteiger partial charge in [-0.1, -0.05) is 12.1 Å². The molecule has 14 heavy (non-hydrogen) atoms. The smallest absolute Gasteiger partial charge is 0.250 e. The van der Waals surface area contributed by atoms with Crippen molar-refractivity contribution in [1.82, 2.24) is 0 Å². The number of benzene rings is 1. The molecule has 0 spiro atoms. The van der Waals surface area contributed by atoms with Gasteiger partial charge in [-0.15, -0.1) is 0 Å². The highest BCUT2D eigenvalue weighted by molar-refractivity contribution is 6.64. The van der Waals surface area contributed by atoms with Gasteiger partial charge in [0.2, 0.25) is 5.24 Å². The van der Waals surface area contributed by atoms with E-state index in [1.165, 1.54) is 12.1 Å². The molecule has 0 N–H and O–H groups in total. The zero-order valence-corrected chi connectivity index (χ0v) is 8.42. The van der Waals surface area contributed by atoms with E-state index >= 15 is 0 Å². The van der Waals surface area contributed by atoms with Crippen LogP contribution in [0.2, 0.25) is 0 Å². The highest BCUT2D eigenvalue weighted by Gasteiger charge is 2.09. The first-order chi connectivity index (χ1) is 6.59. The molecule has 0 saturated carbocycles. The fraction of sp³-hybridized carbons (Fsp3) is 0.300. The van der Waals surface area contributed by atoms with Gasteiger partial charge in [0.25, 0.3) is 0 Å². The molecule has 0 aliphatic rings. The molecule has 4 heteroatoms. The molecule has 0 bridgehead atoms. The normalized spacial score (nSPS) is 12.5. The van der Waals surface area contributed by atoms with Gasteiger partial charge in [0.15, 0.2) is 0 Å². The first-order valence-corrected chi connectivity index (χ1v) is 4.53. The van der Waals surface area contributed by atoms with Gasteiger partial charge < -0.3 is 4.74 Å². The second-order valence-corrected chi connectivity index (χ2v) is 3.26. The summed E-state index contributed by atoms with van der Waals surface area (Å²) >= 11 is 5.20. The Hall–Kier alpha value is -0.930. The minimum absolute atomic E-state index is 0.250. The van der Waals surface area contributed by atoms with Gasteiger partial charge >= 0.3 is 0 Å². The summed E-state index contributed by atoms with van der Waals surface area (Å²) in [6.07, 6.45) is -0.637. The first kappa shape index (κ1) is 11.1. The minimum Gasteiger partial charge on any atom is -0.365 e. The molecule has 0 fully saturated rings. The molecule has 2 nitrogen and oxygen atoms in total. The minimum atomic E-state index is -0.637. The summed E-state index contributed by atoms with van der Waals surface area (Å²) in [7, 11) is 0. The van der Waals surface area contributed by atoms with Gasteiger partial charge in [-0.25, -0.2) is 4.39 Å². The third kappa shape index (κ3) is 3.44. The first-order valence-electron chi connectivity index (χ1n) is 4.15. The fourth-order valence-corrected chi connectivity index (χ4v) is 0.930. The van der Waals surface area contributed by atoms with Crippen molar-refractivity contribution in [3.8, 4) is 0 Å². The lowest BCUT2D eigenvalue weighted by Crippen LogP contribution is -2.15. The zero-order chi connectivity index (χ0) is 10.6. The van der Waals surface area contributed by atoms with Gasteiger partial charge in [0, 0.05) is 0 Å². The second-order valence-electron chi connectivity index (χ2n) is 2.88. The Morgan fingerprint density at radius 1 is 1.50 bits per heavy atom. The number of hydrogen-bond acceptors (Lipinski definition) is 2. The molecule has 1 aromatic carbocycles. The predicted octanol–water partition coefficient (Wildman–Crippen LogP) is 2.50. The number of carbonyl (C=O) groups excluding carboxylic acids is 1. The number of halogens is 2. The van der Waals surface area contributed by atoms with E-state index in [4.69, 9.17) is 16.3 Å². The standard InChI is InChI=1S/C10H10ClFO2/c1-7(10(11)13)14-6-8-2-4-9(12)5-3-8/h2-5,7H,6H2,1H3/t7-/m1/s1. The van der Waals surface area contributed by atoms with Crippen molar-refractivity contribution in [2.45, 2.75) is 19.6 Å². The van der Waals surface area contributed by atoms with E-state index in [-0.39, 0.29) is 12.4 Å². The van der Waals surface area contributed by atoms with E-state index in [0.717, 1.165) is 5.56 Å². The lowest BCUT2D eigenvalue weighted by molar-refractivity contribution is -0.122. The second kappa shape index (κ2) is 5.08. The van der Waals surface area contributed by atoms with E-state index in [0.29, 0.717) is 0 Å². The van der Waals surface area contributed by atoms with E-state index in [9.17, 15) is 9.18 Å². The van der Waals surface area contributed by atoms with Gasteiger partial charge in [-0.05, 0) is 36.2 Å². The number of ether oxygens (including phenoxy) is 1. The number of hydrogen-bond donors (Lipinski definition) is 0. The Morgan fingerprint density at radius 3 is 2.57 bits per heavy atom. The molecule has 1 aromatic rings. The molecule has 0 radical (unpaired) electrons. The van der Waals surface area contributed by atoms with Gasteiger partial charge in [-0.3, -0.25) is 4.79 Å². The summed E-state index contributed by atoms with van der Waals surface area (Å²) in [5.41, 5.74) is 0.802. The van der Waals surface area contributed by atoms with Crippen molar-refractivity contribution < 1.29 is 13.9 Å². The summed E-state index contributed by atoms with van der Waals surface area (Å²) < 4.78 is 17.6. The van der Waals surface area contributed by atoms with E-state index in [1.807, 2.05) is 0 Å². The van der Waals surface area contributed by atoms with Crippen LogP contribution in [-0.2, 0) is 16.1 Å². The van der Waals surface area contributed by atoms with Gasteiger partial charge in [0.1, 0.15) is 11.9 Å². The summed E-state index contributed by atoms with van der Waals surface area (Å²) in [6, 6.07) is 5.87. The molecule has 0 saturated heterocycles. The van der Waals surface area contributed by atoms with Crippen molar-refractivity contribution in [3.63, 3.8) is 0 Å². The van der Waals surface area contributed by atoms with E-state index in [1.54, 1.807) is 19.1 Å². The Morgan fingerprint density at radius 2 is 2.07 bits per heavy atom. The van der Waals surface area contributed by atoms with Crippen LogP contribution in [-0.4, -0.2) is 11.3 Å². The SMILES string of the molecule is C[C@@H](OCc1ccc(F)cc1)C(=O)Cl. The molecule has 0 aliphatic carbocycles. The zero-order valence-electron chi connectivity index (χ0n) is 7.67. The van der Waals surface area contributed by atoms with Crippen LogP contribution in [0, 0.1) is 5.82 Å². The molecule has 0 aromatic heterocycles. The summed E-state index contributed by atoms with van der Waals surface area (Å²) in [5.74, 6) is -0.296. The van der Waals surface area contributed by atoms with Crippen molar-refractivity contribution in [3.05, 3.63) is 35.6 Å². The van der Waals surface area contributed by atoms with Crippen LogP contribution in [0.1, 0.15) is 12.5 Å². The van der Waals surface area contributed by atoms with Crippen LogP contribution >= 0.6 is 11.6 Å². The van der Waals surface area contributed by atoms with E-state index in [2.05, 4.69) is 0 Å². The maximum atomic E-state index is 12.5. The lowest BCUT2D eigenvalue weighted by atomic mass is 10.2. The average Bonchev–Trinajstić information content (AvgIpc) is 2.16. The molecule has 0 aliphatic heterocycles. The largest absolute Gasteiger partial charge is 0.365 e. The van der Waals surface area contributed by atoms with E-state index < -0.39 is 11.3 Å². The van der Waals surface area contributed by atoms with Crippen molar-refractivity contribution >= 4 is 16.8 Å². The van der Waals surface area contributed by atoms with Gasteiger partial charge in [0.05, 0.1) is 6.61 Å². The predicted molar refractivity (Wildman–Crippen MR) is 51.5 cm³/mol. The molecular formula is C10H10ClFO2. The highest BCUT2D eigenvalue weighted by atomic mass is 35.5. The number of carbonyl (C=O) groups is 1. The monoisotopic (exact) mass is 216 g/mol. The molecule has 1 atom stereocenters. The molecule has 1 rings (SSSR count). The lowest BCUT2D eigenvalue weighted by Gasteiger charge is -2.07. The van der Waals surface area contributed by atoms with Crippen molar-refractivity contribution in [2.75, 3.05) is 0 Å². The van der Waals surface area contributed by atoms with Gasteiger partial charge in [-0.2, -0.15) is 0 Å². The molecular weight excluding hydrogens is 207 g/mol. The number of rotatable bonds is 4. The maximum Gasteiger partial charge on any atom is 0.250 e. The van der Waals surface area contributed by atoms with Crippen molar-refractivity contribution in [2.24, 2.45) is 0 Å². The topological polar surface area (TPSA) is 26.3 Å². The highest BCUT2D eigenvalue weighted by Crippen LogP contribution is 2.06. The summed E-state index contributed by atoms with van der Waals surface area (Å²) in [5, 5.41) is -0.535. The summed E-state index contributed by atoms with van der Waals surface area (Å²) in [4.78, 5) is 10.6. The van der Waals surface area contributed by atoms with Crippen molar-refractivity contribution in [1.29, 1.82) is 0 Å². The van der Waals surface area contributed by atoms with Crippen LogP contribution < -0.4 is 0 Å². The maximum absolute atomic E-state index is 12.5. The fourth-order valence-electron chi connectivity index (χ4n) is 0.867. The van der Waals surface area contributed by atoms with Crippen LogP contribution in [0.4, 0.5) is 4.39 Å². The molecule has 0 amide bonds. The third-order valence-electron chi connectivity index (χ3n) is 1.73. The van der Waals surface area contributed by atoms with Crippen LogP contribution in [0.25, 0.3) is 0 Å². The Bertz CT molecular complexity index is 310. The molecule has 76 valence electrons. The van der Waals surface area contributed by atoms with Crippen LogP contribution in [0.15, 0.2) is 24.3 Å².